The summed E-state index contributed by atoms with van der Waals surface area (Å²) in [5, 5.41) is 11.3. The number of carboxylic acid groups (broad SMARTS) is 1. The van der Waals surface area contributed by atoms with Crippen LogP contribution in [0.3, 0.4) is 0 Å². The second-order valence-electron chi connectivity index (χ2n) is 4.77. The number of rotatable bonds is 9. The molecule has 2 N–H and O–H groups in total. The quantitative estimate of drug-likeness (QED) is 0.614. The van der Waals surface area contributed by atoms with E-state index < -0.39 is 5.97 Å². The molecule has 0 fully saturated rings. The van der Waals surface area contributed by atoms with Gasteiger partial charge in [0.25, 0.3) is 0 Å². The van der Waals surface area contributed by atoms with Gasteiger partial charge in [0.05, 0.1) is 0 Å². The maximum atomic E-state index is 11.5. The van der Waals surface area contributed by atoms with E-state index in [-0.39, 0.29) is 24.0 Å². The minimum absolute atomic E-state index is 0.0261. The van der Waals surface area contributed by atoms with Gasteiger partial charge in [-0.1, -0.05) is 36.9 Å². The van der Waals surface area contributed by atoms with Gasteiger partial charge in [-0.05, 0) is 24.0 Å². The van der Waals surface area contributed by atoms with Crippen LogP contribution in [0.15, 0.2) is 30.8 Å². The van der Waals surface area contributed by atoms with Crippen LogP contribution >= 0.6 is 12.6 Å². The first kappa shape index (κ1) is 17.3. The first-order valence-electron chi connectivity index (χ1n) is 6.92. The van der Waals surface area contributed by atoms with Gasteiger partial charge in [0, 0.05) is 24.6 Å². The number of thiol groups is 1. The Bertz CT molecular complexity index is 485. The van der Waals surface area contributed by atoms with Gasteiger partial charge in [0.1, 0.15) is 0 Å². The zero-order chi connectivity index (χ0) is 15.7. The molecule has 4 nitrogen and oxygen atoms in total. The lowest BCUT2D eigenvalue weighted by Gasteiger charge is -2.12. The van der Waals surface area contributed by atoms with E-state index in [0.717, 1.165) is 17.5 Å². The molecule has 114 valence electrons. The van der Waals surface area contributed by atoms with Crippen LogP contribution in [0.25, 0.3) is 6.08 Å². The number of hydrogen-bond donors (Lipinski definition) is 3. The van der Waals surface area contributed by atoms with Gasteiger partial charge in [-0.3, -0.25) is 9.59 Å². The third-order valence-corrected chi connectivity index (χ3v) is 3.65. The van der Waals surface area contributed by atoms with Crippen LogP contribution in [0.1, 0.15) is 42.1 Å². The van der Waals surface area contributed by atoms with Crippen molar-refractivity contribution in [2.75, 3.05) is 6.54 Å². The molecule has 0 bridgehead atoms. The van der Waals surface area contributed by atoms with Crippen molar-refractivity contribution in [2.45, 2.75) is 30.9 Å². The normalized spacial score (nSPS) is 11.7. The molecule has 0 aliphatic heterocycles. The number of carbonyl (C=O) groups excluding carboxylic acids is 1. The first-order chi connectivity index (χ1) is 10.0. The van der Waals surface area contributed by atoms with Crippen LogP contribution in [0, 0.1) is 0 Å². The fourth-order valence-corrected chi connectivity index (χ4v) is 2.16. The number of carbonyl (C=O) groups is 2. The topological polar surface area (TPSA) is 66.4 Å². The van der Waals surface area contributed by atoms with E-state index in [1.54, 1.807) is 6.08 Å². The van der Waals surface area contributed by atoms with Crippen LogP contribution < -0.4 is 5.32 Å². The number of nitrogens with one attached hydrogen (secondary N) is 1. The fraction of sp³-hybridized carbons (Fsp3) is 0.375. The summed E-state index contributed by atoms with van der Waals surface area (Å²) in [5.74, 6) is -0.986. The van der Waals surface area contributed by atoms with E-state index >= 15 is 0 Å². The van der Waals surface area contributed by atoms with Crippen molar-refractivity contribution in [3.8, 4) is 0 Å². The predicted octanol–water partition coefficient (Wildman–Crippen LogP) is 3.06. The number of hydrogen-bond acceptors (Lipinski definition) is 3. The van der Waals surface area contributed by atoms with Crippen molar-refractivity contribution >= 4 is 30.6 Å². The van der Waals surface area contributed by atoms with E-state index in [4.69, 9.17) is 5.11 Å². The molecule has 0 saturated carbocycles. The Morgan fingerprint density at radius 3 is 2.52 bits per heavy atom. The average molecular weight is 307 g/mol. The molecule has 1 amide bonds. The summed E-state index contributed by atoms with van der Waals surface area (Å²) in [5.41, 5.74) is 2.16. The van der Waals surface area contributed by atoms with Gasteiger partial charge in [-0.25, -0.2) is 0 Å². The molecule has 1 aromatic carbocycles. The average Bonchev–Trinajstić information content (AvgIpc) is 2.46. The highest BCUT2D eigenvalue weighted by Gasteiger charge is 2.08. The summed E-state index contributed by atoms with van der Waals surface area (Å²) < 4.78 is 0. The van der Waals surface area contributed by atoms with Gasteiger partial charge in [0.2, 0.25) is 5.91 Å². The maximum Gasteiger partial charge on any atom is 0.303 e. The zero-order valence-corrected chi connectivity index (χ0v) is 12.8. The van der Waals surface area contributed by atoms with E-state index in [2.05, 4.69) is 24.5 Å². The van der Waals surface area contributed by atoms with Crippen molar-refractivity contribution in [3.63, 3.8) is 0 Å². The molecule has 1 atom stereocenters. The Morgan fingerprint density at radius 2 is 1.95 bits per heavy atom. The Morgan fingerprint density at radius 1 is 1.29 bits per heavy atom. The highest BCUT2D eigenvalue weighted by molar-refractivity contribution is 7.80. The second-order valence-corrected chi connectivity index (χ2v) is 5.40. The molecule has 21 heavy (non-hydrogen) atoms. The smallest absolute Gasteiger partial charge is 0.303 e. The highest BCUT2D eigenvalue weighted by atomic mass is 32.1. The van der Waals surface area contributed by atoms with Crippen molar-refractivity contribution in [2.24, 2.45) is 0 Å². The third kappa shape index (κ3) is 6.99. The molecule has 1 unspecified atom stereocenters. The molecule has 0 radical (unpaired) electrons. The summed E-state index contributed by atoms with van der Waals surface area (Å²) >= 11 is 4.53. The number of amides is 1. The van der Waals surface area contributed by atoms with Crippen LogP contribution in [0.2, 0.25) is 0 Å². The molecule has 5 heteroatoms. The number of benzene rings is 1. The lowest BCUT2D eigenvalue weighted by Crippen LogP contribution is -2.24. The number of carboxylic acids is 1. The van der Waals surface area contributed by atoms with E-state index in [9.17, 15) is 9.59 Å². The van der Waals surface area contributed by atoms with Gasteiger partial charge in [-0.2, -0.15) is 12.6 Å². The van der Waals surface area contributed by atoms with E-state index in [1.807, 2.05) is 24.3 Å². The maximum absolute atomic E-state index is 11.5. The lowest BCUT2D eigenvalue weighted by molar-refractivity contribution is -0.137. The van der Waals surface area contributed by atoms with Gasteiger partial charge >= 0.3 is 5.97 Å². The largest absolute Gasteiger partial charge is 0.481 e. The lowest BCUT2D eigenvalue weighted by atomic mass is 10.1. The molecule has 0 aromatic heterocycles. The molecule has 1 aromatic rings. The van der Waals surface area contributed by atoms with Crippen LogP contribution in [-0.2, 0) is 9.59 Å². The first-order valence-corrected chi connectivity index (χ1v) is 7.43. The summed E-state index contributed by atoms with van der Waals surface area (Å²) in [6.07, 6.45) is 3.15. The van der Waals surface area contributed by atoms with Crippen molar-refractivity contribution in [3.05, 3.63) is 42.0 Å². The minimum atomic E-state index is -0.874. The number of aliphatic carboxylic acids is 1. The predicted molar refractivity (Wildman–Crippen MR) is 87.4 cm³/mol. The Kier molecular flexibility index (Phi) is 7.61. The van der Waals surface area contributed by atoms with Crippen molar-refractivity contribution < 1.29 is 14.7 Å². The summed E-state index contributed by atoms with van der Waals surface area (Å²) in [7, 11) is 0. The fourth-order valence-electron chi connectivity index (χ4n) is 1.86. The summed E-state index contributed by atoms with van der Waals surface area (Å²) in [6.45, 7) is 4.24. The molecular weight excluding hydrogens is 286 g/mol. The molecule has 1 rings (SSSR count). The van der Waals surface area contributed by atoms with Crippen molar-refractivity contribution in [1.29, 1.82) is 0 Å². The van der Waals surface area contributed by atoms with Gasteiger partial charge in [-0.15, -0.1) is 0 Å². The molecule has 0 saturated heterocycles. The molecule has 0 aliphatic carbocycles. The standard InChI is InChI=1S/C16H21NO3S/c1-2-12-6-8-13(9-7-12)14(21)10-11-17-15(18)4-3-5-16(19)20/h2,6-9,14,21H,1,3-5,10-11H2,(H,17,18)(H,19,20). The second kappa shape index (κ2) is 9.23. The minimum Gasteiger partial charge on any atom is -0.481 e. The summed E-state index contributed by atoms with van der Waals surface area (Å²) in [6, 6.07) is 7.97. The Hall–Kier alpha value is -1.75. The monoisotopic (exact) mass is 307 g/mol. The van der Waals surface area contributed by atoms with Crippen LogP contribution in [0.4, 0.5) is 0 Å². The Balaban J connectivity index is 2.26. The Labute approximate surface area is 130 Å². The van der Waals surface area contributed by atoms with Crippen LogP contribution in [-0.4, -0.2) is 23.5 Å². The summed E-state index contributed by atoms with van der Waals surface area (Å²) in [4.78, 5) is 21.8. The molecular formula is C16H21NO3S. The highest BCUT2D eigenvalue weighted by Crippen LogP contribution is 2.23. The SMILES string of the molecule is C=Cc1ccc(C(S)CCNC(=O)CCCC(=O)O)cc1. The molecule has 0 aliphatic rings. The van der Waals surface area contributed by atoms with Crippen LogP contribution in [0.5, 0.6) is 0 Å². The zero-order valence-electron chi connectivity index (χ0n) is 11.9. The van der Waals surface area contributed by atoms with Gasteiger partial charge < -0.3 is 10.4 Å². The molecule has 0 spiro atoms. The van der Waals surface area contributed by atoms with Crippen molar-refractivity contribution in [1.82, 2.24) is 5.32 Å². The van der Waals surface area contributed by atoms with Gasteiger partial charge in [0.15, 0.2) is 0 Å². The third-order valence-electron chi connectivity index (χ3n) is 3.09. The van der Waals surface area contributed by atoms with E-state index in [0.29, 0.717) is 13.0 Å². The van der Waals surface area contributed by atoms with E-state index in [1.165, 1.54) is 0 Å². The molecule has 0 heterocycles.